The van der Waals surface area contributed by atoms with Crippen LogP contribution in [0.2, 0.25) is 0 Å². The number of nitrogens with zero attached hydrogens (tertiary/aromatic N) is 4. The van der Waals surface area contributed by atoms with Gasteiger partial charge in [0, 0.05) is 49.6 Å². The molecule has 0 fully saturated rings. The largest absolute Gasteiger partial charge is 0.309 e. The van der Waals surface area contributed by atoms with Gasteiger partial charge in [-0.05, 0) is 89.8 Å². The second-order valence-electron chi connectivity index (χ2n) is 16.3. The van der Waals surface area contributed by atoms with Crippen molar-refractivity contribution in [2.24, 2.45) is 0 Å². The number of fused-ring (bicyclic) bond motifs is 6. The van der Waals surface area contributed by atoms with Crippen molar-refractivity contribution in [1.29, 1.82) is 0 Å². The first-order valence-electron chi connectivity index (χ1n) is 21.5. The van der Waals surface area contributed by atoms with Gasteiger partial charge in [-0.15, -0.1) is 0 Å². The van der Waals surface area contributed by atoms with E-state index in [0.717, 1.165) is 50.8 Å². The monoisotopic (exact) mass is 804 g/mol. The van der Waals surface area contributed by atoms with Gasteiger partial charge in [0.15, 0.2) is 5.82 Å². The molecule has 296 valence electrons. The first-order chi connectivity index (χ1) is 31.1. The third-order valence-corrected chi connectivity index (χ3v) is 12.4. The molecule has 0 atom stereocenters. The molecule has 0 saturated heterocycles. The molecule has 3 heterocycles. The van der Waals surface area contributed by atoms with Crippen molar-refractivity contribution >= 4 is 43.6 Å². The smallest absolute Gasteiger partial charge is 0.160 e. The normalized spacial score (nSPS) is 11.6. The summed E-state index contributed by atoms with van der Waals surface area (Å²) in [5.74, 6) is 0.725. The molecule has 0 unspecified atom stereocenters. The molecule has 0 aliphatic heterocycles. The summed E-state index contributed by atoms with van der Waals surface area (Å²) in [6, 6.07) is 80.4. The summed E-state index contributed by atoms with van der Waals surface area (Å²) >= 11 is 0. The van der Waals surface area contributed by atoms with Gasteiger partial charge < -0.3 is 9.13 Å². The number of aryl methyl sites for hydroxylation is 1. The van der Waals surface area contributed by atoms with Gasteiger partial charge in [-0.3, -0.25) is 0 Å². The zero-order chi connectivity index (χ0) is 41.9. The third kappa shape index (κ3) is 6.39. The van der Waals surface area contributed by atoms with E-state index < -0.39 is 0 Å². The summed E-state index contributed by atoms with van der Waals surface area (Å²) in [5.41, 5.74) is 17.9. The Kier molecular flexibility index (Phi) is 8.68. The van der Waals surface area contributed by atoms with E-state index in [1.54, 1.807) is 0 Å². The highest BCUT2D eigenvalue weighted by Crippen LogP contribution is 2.38. The first kappa shape index (κ1) is 36.5. The molecule has 0 amide bonds. The SMILES string of the molecule is Cc1cccc(-c2nc(-c3ccccc3)cc(-c3ccc(-c4ccc(-c5ccc(-n6c7ccccc7c7cc(-n8c9ccccc9c9ccccc98)ccc76)cc5)cc4)cc3)n2)c1. The van der Waals surface area contributed by atoms with E-state index >= 15 is 0 Å². The van der Waals surface area contributed by atoms with Crippen LogP contribution in [0.3, 0.4) is 0 Å². The average Bonchev–Trinajstić information content (AvgIpc) is 3.87. The van der Waals surface area contributed by atoms with E-state index in [1.165, 1.54) is 65.9 Å². The predicted molar refractivity (Wildman–Crippen MR) is 263 cm³/mol. The van der Waals surface area contributed by atoms with Crippen molar-refractivity contribution in [3.8, 4) is 67.5 Å². The van der Waals surface area contributed by atoms with Crippen LogP contribution >= 0.6 is 0 Å². The number of hydrogen-bond acceptors (Lipinski definition) is 2. The van der Waals surface area contributed by atoms with Crippen molar-refractivity contribution in [2.45, 2.75) is 6.92 Å². The average molecular weight is 805 g/mol. The Bertz CT molecular complexity index is 3600. The highest BCUT2D eigenvalue weighted by atomic mass is 15.0. The van der Waals surface area contributed by atoms with E-state index in [-0.39, 0.29) is 0 Å². The zero-order valence-electron chi connectivity index (χ0n) is 34.7. The van der Waals surface area contributed by atoms with Gasteiger partial charge in [0.25, 0.3) is 0 Å². The summed E-state index contributed by atoms with van der Waals surface area (Å²) < 4.78 is 4.79. The molecule has 0 bridgehead atoms. The molecule has 0 aliphatic rings. The molecule has 12 rings (SSSR count). The van der Waals surface area contributed by atoms with Crippen LogP contribution in [0.1, 0.15) is 5.56 Å². The minimum atomic E-state index is 0.725. The van der Waals surface area contributed by atoms with E-state index in [0.29, 0.717) is 0 Å². The Hall–Kier alpha value is -8.34. The lowest BCUT2D eigenvalue weighted by Gasteiger charge is -2.11. The van der Waals surface area contributed by atoms with Crippen molar-refractivity contribution in [1.82, 2.24) is 19.1 Å². The molecule has 63 heavy (non-hydrogen) atoms. The molecule has 3 aromatic heterocycles. The van der Waals surface area contributed by atoms with Crippen LogP contribution in [-0.4, -0.2) is 19.1 Å². The molecular formula is C59H40N4. The molecule has 0 saturated carbocycles. The van der Waals surface area contributed by atoms with Crippen molar-refractivity contribution < 1.29 is 0 Å². The highest BCUT2D eigenvalue weighted by Gasteiger charge is 2.17. The van der Waals surface area contributed by atoms with Crippen molar-refractivity contribution in [3.63, 3.8) is 0 Å². The summed E-state index contributed by atoms with van der Waals surface area (Å²) in [7, 11) is 0. The second-order valence-corrected chi connectivity index (χ2v) is 16.3. The summed E-state index contributed by atoms with van der Waals surface area (Å²) in [6.45, 7) is 2.10. The fourth-order valence-corrected chi connectivity index (χ4v) is 9.34. The fraction of sp³-hybridized carbons (Fsp3) is 0.0169. The lowest BCUT2D eigenvalue weighted by molar-refractivity contribution is 1.17. The van der Waals surface area contributed by atoms with Crippen LogP contribution in [0.25, 0.3) is 111 Å². The van der Waals surface area contributed by atoms with Crippen molar-refractivity contribution in [3.05, 3.63) is 230 Å². The molecule has 0 aliphatic carbocycles. The zero-order valence-corrected chi connectivity index (χ0v) is 34.7. The Morgan fingerprint density at radius 3 is 1.25 bits per heavy atom. The van der Waals surface area contributed by atoms with Gasteiger partial charge in [-0.25, -0.2) is 9.97 Å². The molecule has 0 radical (unpaired) electrons. The molecule has 9 aromatic carbocycles. The Balaban J connectivity index is 0.837. The number of para-hydroxylation sites is 3. The van der Waals surface area contributed by atoms with Gasteiger partial charge in [0.1, 0.15) is 0 Å². The maximum atomic E-state index is 5.06. The Morgan fingerprint density at radius 2 is 0.698 bits per heavy atom. The van der Waals surface area contributed by atoms with Crippen LogP contribution in [0, 0.1) is 6.92 Å². The topological polar surface area (TPSA) is 35.6 Å². The quantitative estimate of drug-likeness (QED) is 0.161. The second kappa shape index (κ2) is 15.0. The molecular weight excluding hydrogens is 765 g/mol. The van der Waals surface area contributed by atoms with E-state index in [1.807, 2.05) is 18.2 Å². The maximum Gasteiger partial charge on any atom is 0.160 e. The number of hydrogen-bond donors (Lipinski definition) is 0. The van der Waals surface area contributed by atoms with Crippen LogP contribution in [0.4, 0.5) is 0 Å². The standard InChI is InChI=1S/C59H40N4/c1-39-12-11-15-46(36-39)59-60-53(44-13-3-2-4-14-44)38-54(61-59)45-28-26-42(27-29-45)40-22-24-41(25-23-40)43-30-32-47(33-31-43)62-57-21-10-7-18-51(57)52-37-48(34-35-58(52)62)63-55-19-8-5-16-49(55)50-17-6-9-20-56(50)63/h2-38H,1H3. The molecule has 0 N–H and O–H groups in total. The summed E-state index contributed by atoms with van der Waals surface area (Å²) in [6.07, 6.45) is 0. The van der Waals surface area contributed by atoms with Gasteiger partial charge in [0.05, 0.1) is 33.5 Å². The van der Waals surface area contributed by atoms with E-state index in [4.69, 9.17) is 9.97 Å². The summed E-state index contributed by atoms with van der Waals surface area (Å²) in [4.78, 5) is 10.1. The van der Waals surface area contributed by atoms with Gasteiger partial charge in [0.2, 0.25) is 0 Å². The molecule has 4 heteroatoms. The van der Waals surface area contributed by atoms with Gasteiger partial charge in [-0.2, -0.15) is 0 Å². The van der Waals surface area contributed by atoms with E-state index in [2.05, 4.69) is 222 Å². The minimum absolute atomic E-state index is 0.725. The highest BCUT2D eigenvalue weighted by molar-refractivity contribution is 6.12. The number of benzene rings is 9. The lowest BCUT2D eigenvalue weighted by Crippen LogP contribution is -1.96. The van der Waals surface area contributed by atoms with Gasteiger partial charge >= 0.3 is 0 Å². The summed E-state index contributed by atoms with van der Waals surface area (Å²) in [5, 5.41) is 5.01. The van der Waals surface area contributed by atoms with Gasteiger partial charge in [-0.1, -0.05) is 169 Å². The number of rotatable bonds is 7. The molecule has 4 nitrogen and oxygen atoms in total. The Morgan fingerprint density at radius 1 is 0.286 bits per heavy atom. The fourth-order valence-electron chi connectivity index (χ4n) is 9.34. The molecule has 12 aromatic rings. The Labute approximate surface area is 365 Å². The third-order valence-electron chi connectivity index (χ3n) is 12.4. The van der Waals surface area contributed by atoms with Crippen molar-refractivity contribution in [2.75, 3.05) is 0 Å². The predicted octanol–water partition coefficient (Wildman–Crippen LogP) is 15.3. The number of aromatic nitrogens is 4. The van der Waals surface area contributed by atoms with Crippen LogP contribution in [0.5, 0.6) is 0 Å². The molecule has 0 spiro atoms. The van der Waals surface area contributed by atoms with Crippen LogP contribution < -0.4 is 0 Å². The minimum Gasteiger partial charge on any atom is -0.309 e. The van der Waals surface area contributed by atoms with Crippen LogP contribution in [-0.2, 0) is 0 Å². The maximum absolute atomic E-state index is 5.06. The lowest BCUT2D eigenvalue weighted by atomic mass is 9.98. The van der Waals surface area contributed by atoms with E-state index in [9.17, 15) is 0 Å². The first-order valence-corrected chi connectivity index (χ1v) is 21.5. The van der Waals surface area contributed by atoms with Crippen LogP contribution in [0.15, 0.2) is 224 Å².